The molecule has 1 aliphatic heterocycles. The van der Waals surface area contributed by atoms with Crippen molar-refractivity contribution in [2.75, 3.05) is 32.5 Å². The number of anilines is 1. The van der Waals surface area contributed by atoms with Gasteiger partial charge in [0.2, 0.25) is 0 Å². The molecule has 1 aromatic rings. The Labute approximate surface area is 150 Å². The predicted octanol–water partition coefficient (Wildman–Crippen LogP) is 2.01. The number of esters is 2. The smallest absolute Gasteiger partial charge is 0.416 e. The average molecular weight is 390 g/mol. The highest BCUT2D eigenvalue weighted by Crippen LogP contribution is 2.38. The molecule has 0 aromatic heterocycles. The summed E-state index contributed by atoms with van der Waals surface area (Å²) in [5.74, 6) is -1.98. The van der Waals surface area contributed by atoms with Gasteiger partial charge in [0.25, 0.3) is 5.69 Å². The van der Waals surface area contributed by atoms with Gasteiger partial charge in [0, 0.05) is 6.07 Å². The molecule has 1 heterocycles. The number of carbonyl (C=O) groups excluding carboxylic acids is 2. The van der Waals surface area contributed by atoms with Gasteiger partial charge in [-0.3, -0.25) is 10.1 Å². The minimum atomic E-state index is -4.81. The number of rotatable bonds is 4. The van der Waals surface area contributed by atoms with Crippen LogP contribution in [0.5, 0.6) is 0 Å². The zero-order valence-corrected chi connectivity index (χ0v) is 14.0. The molecular formula is C15H13F3N2O7. The molecule has 0 aliphatic carbocycles. The number of hydrogen-bond acceptors (Lipinski definition) is 8. The lowest BCUT2D eigenvalue weighted by atomic mass is 10.1. The third kappa shape index (κ3) is 4.00. The number of nitro groups is 1. The molecule has 0 spiro atoms. The van der Waals surface area contributed by atoms with Gasteiger partial charge in [-0.05, 0) is 12.1 Å². The van der Waals surface area contributed by atoms with Crippen LogP contribution in [-0.4, -0.2) is 44.4 Å². The van der Waals surface area contributed by atoms with E-state index in [0.29, 0.717) is 12.1 Å². The van der Waals surface area contributed by atoms with Crippen molar-refractivity contribution < 1.29 is 41.9 Å². The maximum atomic E-state index is 12.9. The Balaban J connectivity index is 2.69. The molecule has 1 aliphatic rings. The van der Waals surface area contributed by atoms with E-state index >= 15 is 0 Å². The summed E-state index contributed by atoms with van der Waals surface area (Å²) in [7, 11) is 2.06. The minimum absolute atomic E-state index is 0.287. The number of methoxy groups -OCH3 is 2. The molecule has 0 saturated heterocycles. The molecule has 0 fully saturated rings. The SMILES string of the molecule is COC(=O)C1=C(C(=O)OC)N(c2ccc(C(F)(F)F)cc2[N+](=O)[O-])COC1. The first-order chi connectivity index (χ1) is 12.6. The van der Waals surface area contributed by atoms with E-state index in [2.05, 4.69) is 9.47 Å². The maximum absolute atomic E-state index is 12.9. The van der Waals surface area contributed by atoms with Crippen LogP contribution in [0, 0.1) is 10.1 Å². The number of nitro benzene ring substituents is 1. The standard InChI is InChI=1S/C15H13F3N2O7/c1-25-13(21)9-6-27-7-19(12(9)14(22)26-2)10-4-3-8(15(16,17)18)5-11(10)20(23)24/h3-5H,6-7H2,1-2H3. The molecule has 0 radical (unpaired) electrons. The lowest BCUT2D eigenvalue weighted by molar-refractivity contribution is -0.384. The van der Waals surface area contributed by atoms with Crippen molar-refractivity contribution >= 4 is 23.3 Å². The molecule has 0 N–H and O–H groups in total. The second-order valence-electron chi connectivity index (χ2n) is 5.17. The second kappa shape index (κ2) is 7.61. The number of halogens is 3. The fourth-order valence-corrected chi connectivity index (χ4v) is 2.41. The van der Waals surface area contributed by atoms with E-state index in [-0.39, 0.29) is 17.9 Å². The third-order valence-electron chi connectivity index (χ3n) is 3.62. The van der Waals surface area contributed by atoms with Crippen LogP contribution in [0.2, 0.25) is 0 Å². The predicted molar refractivity (Wildman–Crippen MR) is 82.5 cm³/mol. The van der Waals surface area contributed by atoms with E-state index in [0.717, 1.165) is 25.2 Å². The van der Waals surface area contributed by atoms with Crippen molar-refractivity contribution in [3.05, 3.63) is 45.1 Å². The van der Waals surface area contributed by atoms with E-state index in [1.54, 1.807) is 0 Å². The van der Waals surface area contributed by atoms with Crippen molar-refractivity contribution in [2.24, 2.45) is 0 Å². The van der Waals surface area contributed by atoms with Crippen molar-refractivity contribution in [1.29, 1.82) is 0 Å². The number of ether oxygens (including phenoxy) is 3. The third-order valence-corrected chi connectivity index (χ3v) is 3.62. The molecule has 0 bridgehead atoms. The molecule has 0 atom stereocenters. The highest BCUT2D eigenvalue weighted by atomic mass is 19.4. The summed E-state index contributed by atoms with van der Waals surface area (Å²) in [6, 6.07) is 1.76. The largest absolute Gasteiger partial charge is 0.466 e. The van der Waals surface area contributed by atoms with E-state index in [9.17, 15) is 32.9 Å². The van der Waals surface area contributed by atoms with E-state index in [1.165, 1.54) is 0 Å². The fourth-order valence-electron chi connectivity index (χ4n) is 2.41. The molecular weight excluding hydrogens is 377 g/mol. The Hall–Kier alpha value is -3.15. The van der Waals surface area contributed by atoms with Crippen LogP contribution in [0.15, 0.2) is 29.5 Å². The first-order valence-corrected chi connectivity index (χ1v) is 7.22. The fraction of sp³-hybridized carbons (Fsp3) is 0.333. The summed E-state index contributed by atoms with van der Waals surface area (Å²) < 4.78 is 52.9. The zero-order valence-electron chi connectivity index (χ0n) is 14.0. The van der Waals surface area contributed by atoms with Crippen LogP contribution in [0.3, 0.4) is 0 Å². The van der Waals surface area contributed by atoms with Gasteiger partial charge >= 0.3 is 18.1 Å². The normalized spacial score (nSPS) is 14.8. The Morgan fingerprint density at radius 3 is 2.37 bits per heavy atom. The van der Waals surface area contributed by atoms with Crippen molar-refractivity contribution in [3.63, 3.8) is 0 Å². The van der Waals surface area contributed by atoms with Crippen LogP contribution in [0.4, 0.5) is 24.5 Å². The molecule has 0 amide bonds. The Bertz CT molecular complexity index is 820. The van der Waals surface area contributed by atoms with Crippen LogP contribution < -0.4 is 4.90 Å². The minimum Gasteiger partial charge on any atom is -0.466 e. The number of benzene rings is 1. The molecule has 0 unspecified atom stereocenters. The maximum Gasteiger partial charge on any atom is 0.416 e. The molecule has 146 valence electrons. The highest BCUT2D eigenvalue weighted by Gasteiger charge is 2.38. The molecule has 9 nitrogen and oxygen atoms in total. The van der Waals surface area contributed by atoms with Crippen LogP contribution in [-0.2, 0) is 30.0 Å². The van der Waals surface area contributed by atoms with Gasteiger partial charge < -0.3 is 19.1 Å². The van der Waals surface area contributed by atoms with Gasteiger partial charge in [-0.2, -0.15) is 13.2 Å². The summed E-state index contributed by atoms with van der Waals surface area (Å²) in [4.78, 5) is 35.2. The lowest BCUT2D eigenvalue weighted by Crippen LogP contribution is -2.39. The Morgan fingerprint density at radius 2 is 1.85 bits per heavy atom. The number of alkyl halides is 3. The van der Waals surface area contributed by atoms with E-state index < -0.39 is 46.7 Å². The zero-order chi connectivity index (χ0) is 20.4. The molecule has 1 aromatic carbocycles. The Morgan fingerprint density at radius 1 is 1.22 bits per heavy atom. The summed E-state index contributed by atoms with van der Waals surface area (Å²) in [6.45, 7) is -0.779. The summed E-state index contributed by atoms with van der Waals surface area (Å²) in [6.07, 6.45) is -4.81. The van der Waals surface area contributed by atoms with Gasteiger partial charge in [0.15, 0.2) is 0 Å². The first kappa shape index (κ1) is 20.2. The van der Waals surface area contributed by atoms with Gasteiger partial charge in [0.05, 0.1) is 36.9 Å². The molecule has 27 heavy (non-hydrogen) atoms. The quantitative estimate of drug-likeness (QED) is 0.436. The number of hydrogen-bond donors (Lipinski definition) is 0. The van der Waals surface area contributed by atoms with Gasteiger partial charge in [0.1, 0.15) is 18.1 Å². The highest BCUT2D eigenvalue weighted by molar-refractivity contribution is 6.03. The number of nitrogens with zero attached hydrogens (tertiary/aromatic N) is 2. The topological polar surface area (TPSA) is 108 Å². The van der Waals surface area contributed by atoms with Crippen LogP contribution in [0.1, 0.15) is 5.56 Å². The molecule has 2 rings (SSSR count). The van der Waals surface area contributed by atoms with E-state index in [4.69, 9.17) is 4.74 Å². The lowest BCUT2D eigenvalue weighted by Gasteiger charge is -2.31. The second-order valence-corrected chi connectivity index (χ2v) is 5.17. The summed E-state index contributed by atoms with van der Waals surface area (Å²) in [5.41, 5.74) is -3.26. The number of carbonyl (C=O) groups is 2. The van der Waals surface area contributed by atoms with Crippen LogP contribution in [0.25, 0.3) is 0 Å². The Kier molecular flexibility index (Phi) is 5.69. The van der Waals surface area contributed by atoms with Crippen molar-refractivity contribution in [3.8, 4) is 0 Å². The van der Waals surface area contributed by atoms with Gasteiger partial charge in [-0.25, -0.2) is 9.59 Å². The van der Waals surface area contributed by atoms with Crippen molar-refractivity contribution in [2.45, 2.75) is 6.18 Å². The van der Waals surface area contributed by atoms with Crippen LogP contribution >= 0.6 is 0 Å². The molecule has 0 saturated carbocycles. The summed E-state index contributed by atoms with van der Waals surface area (Å²) in [5, 5.41) is 11.3. The van der Waals surface area contributed by atoms with Gasteiger partial charge in [-0.1, -0.05) is 0 Å². The first-order valence-electron chi connectivity index (χ1n) is 7.22. The monoisotopic (exact) mass is 390 g/mol. The van der Waals surface area contributed by atoms with E-state index in [1.807, 2.05) is 0 Å². The molecule has 12 heteroatoms. The average Bonchev–Trinajstić information content (AvgIpc) is 2.64. The summed E-state index contributed by atoms with van der Waals surface area (Å²) >= 11 is 0. The van der Waals surface area contributed by atoms with Gasteiger partial charge in [-0.15, -0.1) is 0 Å². The van der Waals surface area contributed by atoms with Crippen molar-refractivity contribution in [1.82, 2.24) is 0 Å².